The summed E-state index contributed by atoms with van der Waals surface area (Å²) in [6.07, 6.45) is 2.54. The van der Waals surface area contributed by atoms with Gasteiger partial charge in [0.1, 0.15) is 17.6 Å². The Labute approximate surface area is 241 Å². The number of fused-ring (bicyclic) bond motifs is 1. The van der Waals surface area contributed by atoms with Crippen LogP contribution < -0.4 is 14.2 Å². The number of anilines is 1. The highest BCUT2D eigenvalue weighted by Gasteiger charge is 2.31. The number of aliphatic hydroxyl groups is 1. The minimum atomic E-state index is -3.92. The molecule has 0 radical (unpaired) electrons. The number of nitrogens with one attached hydrogen (secondary N) is 1. The fraction of sp³-hybridized carbons (Fsp3) is 0.448. The van der Waals surface area contributed by atoms with Crippen LogP contribution >= 0.6 is 0 Å². The van der Waals surface area contributed by atoms with Crippen LogP contribution in [0.2, 0.25) is 0 Å². The number of amides is 1. The lowest BCUT2D eigenvalue weighted by Gasteiger charge is -2.34. The van der Waals surface area contributed by atoms with Gasteiger partial charge in [0.05, 0.1) is 32.5 Å². The van der Waals surface area contributed by atoms with Gasteiger partial charge in [-0.2, -0.15) is 8.42 Å². The molecular weight excluding hydrogens is 546 g/mol. The number of carbonyl (C=O) groups is 1. The number of carbonyl (C=O) groups excluding carboxylic acids is 1. The summed E-state index contributed by atoms with van der Waals surface area (Å²) in [6, 6.07) is 12.5. The van der Waals surface area contributed by atoms with Gasteiger partial charge in [-0.05, 0) is 49.9 Å². The van der Waals surface area contributed by atoms with Gasteiger partial charge in [-0.3, -0.25) is 14.4 Å². The first-order valence-electron chi connectivity index (χ1n) is 13.5. The summed E-state index contributed by atoms with van der Waals surface area (Å²) in [7, 11) is 1.42. The zero-order chi connectivity index (χ0) is 29.7. The summed E-state index contributed by atoms with van der Waals surface area (Å²) >= 11 is 0. The van der Waals surface area contributed by atoms with Crippen molar-refractivity contribution >= 4 is 21.6 Å². The molecule has 2 heterocycles. The van der Waals surface area contributed by atoms with E-state index in [1.807, 2.05) is 45.2 Å². The van der Waals surface area contributed by atoms with Gasteiger partial charge in [-0.25, -0.2) is 4.98 Å². The molecule has 41 heavy (non-hydrogen) atoms. The Morgan fingerprint density at radius 2 is 1.98 bits per heavy atom. The van der Waals surface area contributed by atoms with Gasteiger partial charge in [-0.15, -0.1) is 0 Å². The predicted octanol–water partition coefficient (Wildman–Crippen LogP) is 2.51. The molecule has 0 saturated heterocycles. The molecule has 3 atom stereocenters. The number of aliphatic hydroxyl groups excluding tert-OH is 1. The van der Waals surface area contributed by atoms with Crippen molar-refractivity contribution < 1.29 is 27.8 Å². The summed E-state index contributed by atoms with van der Waals surface area (Å²) < 4.78 is 41.7. The Balaban J connectivity index is 1.61. The molecule has 4 rings (SSSR count). The van der Waals surface area contributed by atoms with E-state index in [4.69, 9.17) is 9.47 Å². The van der Waals surface area contributed by atoms with Crippen molar-refractivity contribution in [3.05, 3.63) is 66.1 Å². The third kappa shape index (κ3) is 7.57. The SMILES string of the molecule is COc1ccc(CN(C)C[C@@H]2Oc3ccc(NS(=O)(=O)c4cn(C)cn4)cc3CC(=O)N([C@H](C)CO)C[C@H]2C)cc1. The summed E-state index contributed by atoms with van der Waals surface area (Å²) in [5.74, 6) is 1.10. The summed E-state index contributed by atoms with van der Waals surface area (Å²) in [6.45, 7) is 5.36. The summed E-state index contributed by atoms with van der Waals surface area (Å²) in [5.41, 5.74) is 1.98. The van der Waals surface area contributed by atoms with Gasteiger partial charge in [0, 0.05) is 50.0 Å². The Morgan fingerprint density at radius 3 is 2.61 bits per heavy atom. The zero-order valence-corrected chi connectivity index (χ0v) is 25.0. The number of ether oxygens (including phenoxy) is 2. The molecule has 1 amide bonds. The summed E-state index contributed by atoms with van der Waals surface area (Å²) in [4.78, 5) is 21.2. The monoisotopic (exact) mass is 585 g/mol. The number of sulfonamides is 1. The molecule has 12 heteroatoms. The van der Waals surface area contributed by atoms with Gasteiger partial charge in [0.15, 0.2) is 5.03 Å². The first-order chi connectivity index (χ1) is 19.5. The molecule has 222 valence electrons. The first kappa shape index (κ1) is 30.4. The lowest BCUT2D eigenvalue weighted by molar-refractivity contribution is -0.134. The Bertz CT molecular complexity index is 1440. The maximum atomic E-state index is 13.5. The molecule has 2 N–H and O–H groups in total. The maximum absolute atomic E-state index is 13.5. The van der Waals surface area contributed by atoms with E-state index >= 15 is 0 Å². The second-order valence-electron chi connectivity index (χ2n) is 10.7. The molecule has 2 aromatic carbocycles. The van der Waals surface area contributed by atoms with Crippen molar-refractivity contribution in [2.75, 3.05) is 38.6 Å². The minimum absolute atomic E-state index is 0.0000442. The fourth-order valence-corrected chi connectivity index (χ4v) is 5.89. The lowest BCUT2D eigenvalue weighted by atomic mass is 10.0. The third-order valence-electron chi connectivity index (χ3n) is 7.23. The van der Waals surface area contributed by atoms with Crippen molar-refractivity contribution in [1.82, 2.24) is 19.4 Å². The highest BCUT2D eigenvalue weighted by atomic mass is 32.2. The molecule has 1 aliphatic rings. The third-order valence-corrected chi connectivity index (χ3v) is 8.49. The Kier molecular flexibility index (Phi) is 9.57. The standard InChI is InChI=1S/C29H39N5O6S/c1-20-14-34(21(2)18-35)29(36)13-23-12-24(31-41(37,38)28-17-33(4)19-30-28)8-11-26(23)40-27(20)16-32(3)15-22-6-9-25(39-5)10-7-22/h6-12,17,19-21,27,31,35H,13-16,18H2,1-5H3/t20-,21-,27+/m1/s1. The van der Waals surface area contributed by atoms with E-state index in [-0.39, 0.29) is 42.0 Å². The Hall–Kier alpha value is -3.61. The van der Waals surface area contributed by atoms with Crippen molar-refractivity contribution in [2.45, 2.75) is 44.0 Å². The molecule has 0 unspecified atom stereocenters. The van der Waals surface area contributed by atoms with Gasteiger partial charge < -0.3 is 24.0 Å². The second kappa shape index (κ2) is 12.9. The molecule has 0 bridgehead atoms. The normalized spacial score (nSPS) is 18.6. The van der Waals surface area contributed by atoms with E-state index in [1.54, 1.807) is 41.8 Å². The summed E-state index contributed by atoms with van der Waals surface area (Å²) in [5, 5.41) is 9.78. The molecule has 0 fully saturated rings. The van der Waals surface area contributed by atoms with E-state index in [1.165, 1.54) is 12.5 Å². The number of imidazole rings is 1. The number of hydrogen-bond acceptors (Lipinski definition) is 8. The van der Waals surface area contributed by atoms with Crippen LogP contribution in [0.25, 0.3) is 0 Å². The second-order valence-corrected chi connectivity index (χ2v) is 12.4. The van der Waals surface area contributed by atoms with Crippen molar-refractivity contribution in [1.29, 1.82) is 0 Å². The molecule has 3 aromatic rings. The van der Waals surface area contributed by atoms with Crippen LogP contribution in [0, 0.1) is 5.92 Å². The van der Waals surface area contributed by atoms with E-state index in [9.17, 15) is 18.3 Å². The zero-order valence-electron chi connectivity index (χ0n) is 24.1. The maximum Gasteiger partial charge on any atom is 0.280 e. The number of hydrogen-bond donors (Lipinski definition) is 2. The number of rotatable bonds is 10. The number of benzene rings is 2. The van der Waals surface area contributed by atoms with E-state index in [0.29, 0.717) is 36.6 Å². The number of aromatic nitrogens is 2. The smallest absolute Gasteiger partial charge is 0.280 e. The highest BCUT2D eigenvalue weighted by molar-refractivity contribution is 7.92. The number of methoxy groups -OCH3 is 1. The number of aryl methyl sites for hydroxylation is 1. The quantitative estimate of drug-likeness (QED) is 0.372. The number of likely N-dealkylation sites (N-methyl/N-ethyl adjacent to an activating group) is 1. The molecule has 0 aliphatic carbocycles. The average molecular weight is 586 g/mol. The van der Waals surface area contributed by atoms with Crippen LogP contribution in [-0.4, -0.2) is 84.8 Å². The lowest BCUT2D eigenvalue weighted by Crippen LogP contribution is -2.47. The molecule has 1 aromatic heterocycles. The van der Waals surface area contributed by atoms with Gasteiger partial charge in [0.2, 0.25) is 5.91 Å². The minimum Gasteiger partial charge on any atom is -0.497 e. The molecule has 0 saturated carbocycles. The molecule has 11 nitrogen and oxygen atoms in total. The van der Waals surface area contributed by atoms with Crippen LogP contribution in [0.1, 0.15) is 25.0 Å². The van der Waals surface area contributed by atoms with Gasteiger partial charge in [-0.1, -0.05) is 19.1 Å². The van der Waals surface area contributed by atoms with Crippen molar-refractivity contribution in [2.24, 2.45) is 13.0 Å². The molecular formula is C29H39N5O6S. The Morgan fingerprint density at radius 1 is 1.24 bits per heavy atom. The highest BCUT2D eigenvalue weighted by Crippen LogP contribution is 2.30. The van der Waals surface area contributed by atoms with Crippen LogP contribution in [-0.2, 0) is 34.8 Å². The number of nitrogens with zero attached hydrogens (tertiary/aromatic N) is 4. The van der Waals surface area contributed by atoms with E-state index in [0.717, 1.165) is 11.3 Å². The average Bonchev–Trinajstić information content (AvgIpc) is 3.40. The van der Waals surface area contributed by atoms with Crippen LogP contribution in [0.15, 0.2) is 60.0 Å². The van der Waals surface area contributed by atoms with Crippen LogP contribution in [0.3, 0.4) is 0 Å². The first-order valence-corrected chi connectivity index (χ1v) is 15.0. The topological polar surface area (TPSA) is 126 Å². The molecule has 1 aliphatic heterocycles. The van der Waals surface area contributed by atoms with Crippen LogP contribution in [0.4, 0.5) is 5.69 Å². The predicted molar refractivity (Wildman–Crippen MR) is 155 cm³/mol. The van der Waals surface area contributed by atoms with Gasteiger partial charge in [0.25, 0.3) is 10.0 Å². The van der Waals surface area contributed by atoms with E-state index < -0.39 is 10.0 Å². The van der Waals surface area contributed by atoms with Crippen molar-refractivity contribution in [3.8, 4) is 11.5 Å². The van der Waals surface area contributed by atoms with E-state index in [2.05, 4.69) is 14.6 Å². The van der Waals surface area contributed by atoms with Crippen molar-refractivity contribution in [3.63, 3.8) is 0 Å². The fourth-order valence-electron chi connectivity index (χ4n) is 4.86. The van der Waals surface area contributed by atoms with Crippen LogP contribution in [0.5, 0.6) is 11.5 Å². The largest absolute Gasteiger partial charge is 0.497 e. The van der Waals surface area contributed by atoms with Gasteiger partial charge >= 0.3 is 0 Å². The molecule has 0 spiro atoms.